The van der Waals surface area contributed by atoms with Crippen LogP contribution in [-0.4, -0.2) is 52.8 Å². The molecule has 0 atom stereocenters. The standard InChI is InChI=1S/C15H18N4O3S/c1-10-17-18-14(22-10)11-3-4-13(21-2)12(9-11)16-15(20)19-5-7-23-8-6-19/h3-4,9H,5-8H2,1-2H3,(H,16,20). The number of benzene rings is 1. The Labute approximate surface area is 138 Å². The third kappa shape index (κ3) is 3.58. The van der Waals surface area contributed by atoms with E-state index in [9.17, 15) is 4.79 Å². The molecule has 1 aromatic heterocycles. The highest BCUT2D eigenvalue weighted by molar-refractivity contribution is 7.99. The molecule has 0 saturated carbocycles. The lowest BCUT2D eigenvalue weighted by molar-refractivity contribution is 0.217. The van der Waals surface area contributed by atoms with Crippen molar-refractivity contribution in [3.05, 3.63) is 24.1 Å². The second kappa shape index (κ2) is 6.91. The molecule has 8 heteroatoms. The van der Waals surface area contributed by atoms with Crippen LogP contribution in [0.25, 0.3) is 11.5 Å². The van der Waals surface area contributed by atoms with E-state index < -0.39 is 0 Å². The summed E-state index contributed by atoms with van der Waals surface area (Å²) in [5, 5.41) is 10.7. The molecular weight excluding hydrogens is 316 g/mol. The Kier molecular flexibility index (Phi) is 4.71. The van der Waals surface area contributed by atoms with E-state index in [1.54, 1.807) is 31.1 Å². The minimum absolute atomic E-state index is 0.123. The maximum absolute atomic E-state index is 12.4. The van der Waals surface area contributed by atoms with E-state index in [1.165, 1.54) is 0 Å². The molecule has 23 heavy (non-hydrogen) atoms. The number of hydrogen-bond acceptors (Lipinski definition) is 6. The van der Waals surface area contributed by atoms with Crippen LogP contribution in [0.1, 0.15) is 5.89 Å². The topological polar surface area (TPSA) is 80.5 Å². The van der Waals surface area contributed by atoms with Crippen molar-refractivity contribution in [2.45, 2.75) is 6.92 Å². The first-order chi connectivity index (χ1) is 11.2. The van der Waals surface area contributed by atoms with Crippen molar-refractivity contribution in [1.29, 1.82) is 0 Å². The fraction of sp³-hybridized carbons (Fsp3) is 0.400. The van der Waals surface area contributed by atoms with Gasteiger partial charge in [0.15, 0.2) is 0 Å². The average molecular weight is 334 g/mol. The lowest BCUT2D eigenvalue weighted by atomic mass is 10.2. The number of carbonyl (C=O) groups is 1. The van der Waals surface area contributed by atoms with Crippen molar-refractivity contribution in [3.63, 3.8) is 0 Å². The molecule has 2 amide bonds. The van der Waals surface area contributed by atoms with Gasteiger partial charge in [-0.3, -0.25) is 0 Å². The number of anilines is 1. The first-order valence-electron chi connectivity index (χ1n) is 7.29. The van der Waals surface area contributed by atoms with E-state index in [2.05, 4.69) is 15.5 Å². The highest BCUT2D eigenvalue weighted by Gasteiger charge is 2.19. The Balaban J connectivity index is 1.83. The monoisotopic (exact) mass is 334 g/mol. The van der Waals surface area contributed by atoms with Gasteiger partial charge < -0.3 is 19.4 Å². The molecule has 1 fully saturated rings. The number of ether oxygens (including phenoxy) is 1. The first kappa shape index (κ1) is 15.7. The van der Waals surface area contributed by atoms with Gasteiger partial charge in [0, 0.05) is 37.1 Å². The number of amides is 2. The van der Waals surface area contributed by atoms with Gasteiger partial charge in [0.2, 0.25) is 11.8 Å². The highest BCUT2D eigenvalue weighted by Crippen LogP contribution is 2.30. The lowest BCUT2D eigenvalue weighted by Gasteiger charge is -2.26. The van der Waals surface area contributed by atoms with E-state index >= 15 is 0 Å². The van der Waals surface area contributed by atoms with Gasteiger partial charge in [0.1, 0.15) is 5.75 Å². The van der Waals surface area contributed by atoms with Crippen LogP contribution in [0.4, 0.5) is 10.5 Å². The van der Waals surface area contributed by atoms with E-state index in [-0.39, 0.29) is 6.03 Å². The Morgan fingerprint density at radius 1 is 1.35 bits per heavy atom. The first-order valence-corrected chi connectivity index (χ1v) is 8.45. The average Bonchev–Trinajstić information content (AvgIpc) is 3.02. The maximum atomic E-state index is 12.4. The molecule has 3 rings (SSSR count). The van der Waals surface area contributed by atoms with Crippen molar-refractivity contribution in [1.82, 2.24) is 15.1 Å². The van der Waals surface area contributed by atoms with E-state index in [0.717, 1.165) is 30.2 Å². The Morgan fingerprint density at radius 3 is 2.78 bits per heavy atom. The van der Waals surface area contributed by atoms with Crippen molar-refractivity contribution < 1.29 is 13.9 Å². The molecule has 0 bridgehead atoms. The minimum Gasteiger partial charge on any atom is -0.495 e. The zero-order valence-corrected chi connectivity index (χ0v) is 13.9. The van der Waals surface area contributed by atoms with Crippen molar-refractivity contribution in [3.8, 4) is 17.2 Å². The fourth-order valence-corrected chi connectivity index (χ4v) is 3.22. The molecule has 1 aliphatic heterocycles. The minimum atomic E-state index is -0.123. The third-order valence-corrected chi connectivity index (χ3v) is 4.45. The smallest absolute Gasteiger partial charge is 0.322 e. The molecule has 1 N–H and O–H groups in total. The predicted octanol–water partition coefficient (Wildman–Crippen LogP) is 2.63. The number of nitrogens with zero attached hydrogens (tertiary/aromatic N) is 3. The molecule has 1 saturated heterocycles. The number of nitrogens with one attached hydrogen (secondary N) is 1. The number of urea groups is 1. The van der Waals surface area contributed by atoms with Gasteiger partial charge >= 0.3 is 6.03 Å². The van der Waals surface area contributed by atoms with Gasteiger partial charge in [-0.2, -0.15) is 11.8 Å². The summed E-state index contributed by atoms with van der Waals surface area (Å²) in [5.74, 6) is 3.42. The van der Waals surface area contributed by atoms with Crippen LogP contribution in [0.15, 0.2) is 22.6 Å². The summed E-state index contributed by atoms with van der Waals surface area (Å²) in [4.78, 5) is 14.2. The Bertz CT molecular complexity index is 698. The second-order valence-electron chi connectivity index (χ2n) is 5.07. The quantitative estimate of drug-likeness (QED) is 0.929. The van der Waals surface area contributed by atoms with Crippen LogP contribution < -0.4 is 10.1 Å². The van der Waals surface area contributed by atoms with E-state index in [4.69, 9.17) is 9.15 Å². The third-order valence-electron chi connectivity index (χ3n) is 3.51. The molecule has 0 radical (unpaired) electrons. The molecule has 1 aliphatic rings. The lowest BCUT2D eigenvalue weighted by Crippen LogP contribution is -2.40. The number of thioether (sulfide) groups is 1. The Hall–Kier alpha value is -2.22. The maximum Gasteiger partial charge on any atom is 0.322 e. The summed E-state index contributed by atoms with van der Waals surface area (Å²) in [5.41, 5.74) is 1.32. The van der Waals surface area contributed by atoms with Crippen LogP contribution in [-0.2, 0) is 0 Å². The molecule has 7 nitrogen and oxygen atoms in total. The van der Waals surface area contributed by atoms with Gasteiger partial charge in [-0.15, -0.1) is 10.2 Å². The number of aryl methyl sites for hydroxylation is 1. The van der Waals surface area contributed by atoms with Crippen molar-refractivity contribution >= 4 is 23.5 Å². The number of aromatic nitrogens is 2. The number of hydrogen-bond donors (Lipinski definition) is 1. The predicted molar refractivity (Wildman–Crippen MR) is 88.9 cm³/mol. The summed E-state index contributed by atoms with van der Waals surface area (Å²) in [6.07, 6.45) is 0. The van der Waals surface area contributed by atoms with Crippen LogP contribution in [0, 0.1) is 6.92 Å². The number of methoxy groups -OCH3 is 1. The molecule has 2 heterocycles. The number of carbonyl (C=O) groups excluding carboxylic acids is 1. The summed E-state index contributed by atoms with van der Waals surface area (Å²) in [6.45, 7) is 3.24. The summed E-state index contributed by atoms with van der Waals surface area (Å²) in [6, 6.07) is 5.25. The number of rotatable bonds is 3. The molecule has 0 aliphatic carbocycles. The van der Waals surface area contributed by atoms with E-state index in [0.29, 0.717) is 23.2 Å². The molecule has 0 spiro atoms. The van der Waals surface area contributed by atoms with Gasteiger partial charge in [-0.1, -0.05) is 0 Å². The zero-order valence-electron chi connectivity index (χ0n) is 13.0. The highest BCUT2D eigenvalue weighted by atomic mass is 32.2. The van der Waals surface area contributed by atoms with E-state index in [1.807, 2.05) is 17.8 Å². The van der Waals surface area contributed by atoms with Gasteiger partial charge in [0.05, 0.1) is 12.8 Å². The summed E-state index contributed by atoms with van der Waals surface area (Å²) >= 11 is 1.86. The van der Waals surface area contributed by atoms with Crippen molar-refractivity contribution in [2.24, 2.45) is 0 Å². The van der Waals surface area contributed by atoms with Gasteiger partial charge in [-0.25, -0.2) is 4.79 Å². The van der Waals surface area contributed by atoms with Crippen molar-refractivity contribution in [2.75, 3.05) is 37.0 Å². The van der Waals surface area contributed by atoms with Crippen LogP contribution >= 0.6 is 11.8 Å². The zero-order chi connectivity index (χ0) is 16.2. The van der Waals surface area contributed by atoms with Crippen LogP contribution in [0.2, 0.25) is 0 Å². The summed E-state index contributed by atoms with van der Waals surface area (Å²) < 4.78 is 10.8. The molecule has 2 aromatic rings. The van der Waals surface area contributed by atoms with Crippen LogP contribution in [0.3, 0.4) is 0 Å². The fourth-order valence-electron chi connectivity index (χ4n) is 2.31. The second-order valence-corrected chi connectivity index (χ2v) is 6.30. The molecule has 0 unspecified atom stereocenters. The van der Waals surface area contributed by atoms with Gasteiger partial charge in [0.25, 0.3) is 0 Å². The molecule has 1 aromatic carbocycles. The van der Waals surface area contributed by atoms with Gasteiger partial charge in [-0.05, 0) is 18.2 Å². The normalized spacial score (nSPS) is 14.6. The SMILES string of the molecule is COc1ccc(-c2nnc(C)o2)cc1NC(=O)N1CCSCC1. The molecular formula is C15H18N4O3S. The largest absolute Gasteiger partial charge is 0.495 e. The van der Waals surface area contributed by atoms with Crippen LogP contribution in [0.5, 0.6) is 5.75 Å². The summed E-state index contributed by atoms with van der Waals surface area (Å²) in [7, 11) is 1.57. The Morgan fingerprint density at radius 2 is 2.13 bits per heavy atom. The molecule has 122 valence electrons.